The van der Waals surface area contributed by atoms with Crippen LogP contribution >= 0.6 is 23.2 Å². The Kier molecular flexibility index (Phi) is 5.44. The molecule has 100 valence electrons. The molecule has 0 bridgehead atoms. The van der Waals surface area contributed by atoms with Crippen LogP contribution in [0.5, 0.6) is 0 Å². The van der Waals surface area contributed by atoms with Crippen molar-refractivity contribution in [2.75, 3.05) is 5.75 Å². The molecule has 0 fully saturated rings. The SMILES string of the molecule is O=S(CCc1ccccc1)Cc1ccc(Cl)cc1Cl. The maximum Gasteiger partial charge on any atom is 0.0500 e. The fourth-order valence-electron chi connectivity index (χ4n) is 1.76. The van der Waals surface area contributed by atoms with Gasteiger partial charge in [-0.05, 0) is 29.7 Å². The van der Waals surface area contributed by atoms with Crippen LogP contribution in [0.4, 0.5) is 0 Å². The van der Waals surface area contributed by atoms with Crippen molar-refractivity contribution in [1.82, 2.24) is 0 Å². The minimum absolute atomic E-state index is 0.475. The fraction of sp³-hybridized carbons (Fsp3) is 0.200. The van der Waals surface area contributed by atoms with E-state index in [0.717, 1.165) is 12.0 Å². The van der Waals surface area contributed by atoms with E-state index >= 15 is 0 Å². The maximum atomic E-state index is 12.0. The molecule has 2 rings (SSSR count). The first-order valence-corrected chi connectivity index (χ1v) is 8.22. The summed E-state index contributed by atoms with van der Waals surface area (Å²) in [6.07, 6.45) is 0.818. The molecule has 1 atom stereocenters. The molecule has 0 saturated heterocycles. The van der Waals surface area contributed by atoms with Crippen molar-refractivity contribution in [3.8, 4) is 0 Å². The van der Waals surface area contributed by atoms with Crippen LogP contribution < -0.4 is 0 Å². The summed E-state index contributed by atoms with van der Waals surface area (Å²) in [7, 11) is -0.916. The van der Waals surface area contributed by atoms with Gasteiger partial charge >= 0.3 is 0 Å². The number of rotatable bonds is 5. The van der Waals surface area contributed by atoms with Gasteiger partial charge in [-0.25, -0.2) is 0 Å². The Labute approximate surface area is 126 Å². The lowest BCUT2D eigenvalue weighted by atomic mass is 10.2. The van der Waals surface area contributed by atoms with Gasteiger partial charge in [0.15, 0.2) is 0 Å². The maximum absolute atomic E-state index is 12.0. The van der Waals surface area contributed by atoms with Crippen LogP contribution in [-0.2, 0) is 23.0 Å². The molecule has 0 saturated carbocycles. The number of hydrogen-bond acceptors (Lipinski definition) is 1. The van der Waals surface area contributed by atoms with E-state index in [2.05, 4.69) is 0 Å². The van der Waals surface area contributed by atoms with Crippen LogP contribution in [0.2, 0.25) is 10.0 Å². The van der Waals surface area contributed by atoms with E-state index in [1.165, 1.54) is 5.56 Å². The van der Waals surface area contributed by atoms with Crippen LogP contribution in [0.25, 0.3) is 0 Å². The van der Waals surface area contributed by atoms with E-state index in [9.17, 15) is 4.21 Å². The topological polar surface area (TPSA) is 17.1 Å². The summed E-state index contributed by atoms with van der Waals surface area (Å²) in [5.41, 5.74) is 2.09. The van der Waals surface area contributed by atoms with Crippen LogP contribution in [0.1, 0.15) is 11.1 Å². The van der Waals surface area contributed by atoms with Crippen molar-refractivity contribution in [2.24, 2.45) is 0 Å². The smallest absolute Gasteiger partial charge is 0.0500 e. The zero-order chi connectivity index (χ0) is 13.7. The molecule has 0 amide bonds. The van der Waals surface area contributed by atoms with Gasteiger partial charge in [0.25, 0.3) is 0 Å². The quantitative estimate of drug-likeness (QED) is 0.795. The lowest BCUT2D eigenvalue weighted by Crippen LogP contribution is -2.04. The van der Waals surface area contributed by atoms with Gasteiger partial charge in [-0.3, -0.25) is 4.21 Å². The summed E-state index contributed by atoms with van der Waals surface area (Å²) in [4.78, 5) is 0. The minimum Gasteiger partial charge on any atom is -0.259 e. The molecular formula is C15H14Cl2OS. The molecule has 0 aromatic heterocycles. The van der Waals surface area contributed by atoms with Crippen molar-refractivity contribution in [3.05, 3.63) is 69.7 Å². The number of hydrogen-bond donors (Lipinski definition) is 0. The molecule has 0 spiro atoms. The number of aryl methyl sites for hydroxylation is 1. The van der Waals surface area contributed by atoms with E-state index in [1.807, 2.05) is 36.4 Å². The first kappa shape index (κ1) is 14.6. The molecule has 2 aromatic rings. The molecule has 4 heteroatoms. The molecular weight excluding hydrogens is 299 g/mol. The van der Waals surface area contributed by atoms with Gasteiger partial charge in [0.1, 0.15) is 0 Å². The summed E-state index contributed by atoms with van der Waals surface area (Å²) in [6.45, 7) is 0. The lowest BCUT2D eigenvalue weighted by molar-refractivity contribution is 0.682. The second-order valence-corrected chi connectivity index (χ2v) is 6.68. The van der Waals surface area contributed by atoms with E-state index < -0.39 is 10.8 Å². The highest BCUT2D eigenvalue weighted by Gasteiger charge is 2.06. The average Bonchev–Trinajstić information content (AvgIpc) is 2.41. The summed E-state index contributed by atoms with van der Waals surface area (Å²) < 4.78 is 12.0. The zero-order valence-corrected chi connectivity index (χ0v) is 12.6. The van der Waals surface area contributed by atoms with Gasteiger partial charge in [-0.1, -0.05) is 59.6 Å². The van der Waals surface area contributed by atoms with Crippen LogP contribution in [-0.4, -0.2) is 9.96 Å². The largest absolute Gasteiger partial charge is 0.259 e. The molecule has 0 N–H and O–H groups in total. The van der Waals surface area contributed by atoms with Gasteiger partial charge in [-0.2, -0.15) is 0 Å². The highest BCUT2D eigenvalue weighted by molar-refractivity contribution is 7.84. The van der Waals surface area contributed by atoms with E-state index in [0.29, 0.717) is 21.6 Å². The Balaban J connectivity index is 1.91. The molecule has 0 heterocycles. The summed E-state index contributed by atoms with van der Waals surface area (Å²) in [5, 5.41) is 1.18. The Bertz CT molecular complexity index is 570. The predicted octanol–water partition coefficient (Wildman–Crippen LogP) is 4.48. The molecule has 1 unspecified atom stereocenters. The Morgan fingerprint density at radius 2 is 1.74 bits per heavy atom. The fourth-order valence-corrected chi connectivity index (χ4v) is 3.52. The van der Waals surface area contributed by atoms with Gasteiger partial charge < -0.3 is 0 Å². The lowest BCUT2D eigenvalue weighted by Gasteiger charge is -2.05. The van der Waals surface area contributed by atoms with Gasteiger partial charge in [-0.15, -0.1) is 0 Å². The molecule has 19 heavy (non-hydrogen) atoms. The molecule has 0 aliphatic heterocycles. The van der Waals surface area contributed by atoms with Crippen LogP contribution in [0, 0.1) is 0 Å². The van der Waals surface area contributed by atoms with Crippen LogP contribution in [0.3, 0.4) is 0 Å². The van der Waals surface area contributed by atoms with E-state index in [-0.39, 0.29) is 0 Å². The van der Waals surface area contributed by atoms with Gasteiger partial charge in [0.05, 0.1) is 5.75 Å². The third-order valence-corrected chi connectivity index (χ3v) is 4.67. The predicted molar refractivity (Wildman–Crippen MR) is 83.3 cm³/mol. The second kappa shape index (κ2) is 7.09. The van der Waals surface area contributed by atoms with Crippen LogP contribution in [0.15, 0.2) is 48.5 Å². The van der Waals surface area contributed by atoms with Crippen molar-refractivity contribution in [2.45, 2.75) is 12.2 Å². The Morgan fingerprint density at radius 1 is 1.00 bits per heavy atom. The molecule has 0 aliphatic rings. The Morgan fingerprint density at radius 3 is 2.42 bits per heavy atom. The number of benzene rings is 2. The molecule has 2 aromatic carbocycles. The average molecular weight is 313 g/mol. The van der Waals surface area contributed by atoms with Gasteiger partial charge in [0.2, 0.25) is 0 Å². The third-order valence-electron chi connectivity index (χ3n) is 2.79. The Hall–Kier alpha value is -0.830. The molecule has 0 radical (unpaired) electrons. The van der Waals surface area contributed by atoms with Crippen molar-refractivity contribution in [1.29, 1.82) is 0 Å². The summed E-state index contributed by atoms with van der Waals surface area (Å²) in [6, 6.07) is 15.4. The highest BCUT2D eigenvalue weighted by atomic mass is 35.5. The number of halogens is 2. The van der Waals surface area contributed by atoms with E-state index in [1.54, 1.807) is 12.1 Å². The first-order chi connectivity index (χ1) is 9.15. The highest BCUT2D eigenvalue weighted by Crippen LogP contribution is 2.22. The summed E-state index contributed by atoms with van der Waals surface area (Å²) >= 11 is 11.9. The van der Waals surface area contributed by atoms with Crippen molar-refractivity contribution < 1.29 is 4.21 Å². The molecule has 0 aliphatic carbocycles. The van der Waals surface area contributed by atoms with Gasteiger partial charge in [0, 0.05) is 26.6 Å². The standard InChI is InChI=1S/C15H14Cl2OS/c16-14-7-6-13(15(17)10-14)11-19(18)9-8-12-4-2-1-3-5-12/h1-7,10H,8-9,11H2. The monoisotopic (exact) mass is 312 g/mol. The van der Waals surface area contributed by atoms with E-state index in [4.69, 9.17) is 23.2 Å². The zero-order valence-electron chi connectivity index (χ0n) is 10.3. The molecule has 1 nitrogen and oxygen atoms in total. The summed E-state index contributed by atoms with van der Waals surface area (Å²) in [5.74, 6) is 1.12. The minimum atomic E-state index is -0.916. The third kappa shape index (κ3) is 4.64. The van der Waals surface area contributed by atoms with Crippen molar-refractivity contribution >= 4 is 34.0 Å². The van der Waals surface area contributed by atoms with Crippen molar-refractivity contribution in [3.63, 3.8) is 0 Å². The first-order valence-electron chi connectivity index (χ1n) is 5.98. The normalized spacial score (nSPS) is 12.3. The second-order valence-electron chi connectivity index (χ2n) is 4.26.